The van der Waals surface area contributed by atoms with Gasteiger partial charge in [0.05, 0.1) is 5.69 Å². The molecule has 5 nitrogen and oxygen atoms in total. The quantitative estimate of drug-likeness (QED) is 0.575. The number of nitrogens with two attached hydrogens (primary N) is 1. The first-order chi connectivity index (χ1) is 9.58. The zero-order chi connectivity index (χ0) is 14.6. The van der Waals surface area contributed by atoms with Crippen LogP contribution in [0.1, 0.15) is 39.0 Å². The number of rotatable bonds is 5. The van der Waals surface area contributed by atoms with Crippen molar-refractivity contribution in [3.8, 4) is 0 Å². The lowest BCUT2D eigenvalue weighted by molar-refractivity contribution is 0.282. The third kappa shape index (κ3) is 3.31. The van der Waals surface area contributed by atoms with Crippen molar-refractivity contribution in [1.29, 1.82) is 0 Å². The average Bonchev–Trinajstić information content (AvgIpc) is 2.47. The predicted molar refractivity (Wildman–Crippen MR) is 80.6 cm³/mol. The van der Waals surface area contributed by atoms with Crippen LogP contribution in [0, 0.1) is 5.92 Å². The molecule has 1 aromatic rings. The summed E-state index contributed by atoms with van der Waals surface area (Å²) in [5, 5.41) is 0. The van der Waals surface area contributed by atoms with Crippen LogP contribution in [0.25, 0.3) is 0 Å². The summed E-state index contributed by atoms with van der Waals surface area (Å²) in [6.45, 7) is 2.12. The van der Waals surface area contributed by atoms with Gasteiger partial charge in [0.2, 0.25) is 10.0 Å². The molecule has 2 unspecified atom stereocenters. The van der Waals surface area contributed by atoms with Crippen molar-refractivity contribution in [3.63, 3.8) is 0 Å². The lowest BCUT2D eigenvalue weighted by Gasteiger charge is -2.31. The molecule has 2 atom stereocenters. The van der Waals surface area contributed by atoms with Gasteiger partial charge in [-0.2, -0.15) is 0 Å². The molecule has 0 bridgehead atoms. The first-order valence-corrected chi connectivity index (χ1v) is 8.64. The minimum atomic E-state index is -3.54. The van der Waals surface area contributed by atoms with E-state index in [-0.39, 0.29) is 10.9 Å². The monoisotopic (exact) mass is 297 g/mol. The second-order valence-electron chi connectivity index (χ2n) is 5.32. The maximum Gasteiger partial charge on any atom is 0.242 e. The van der Waals surface area contributed by atoms with Gasteiger partial charge >= 0.3 is 0 Å². The third-order valence-electron chi connectivity index (χ3n) is 4.07. The minimum absolute atomic E-state index is 0.0320. The lowest BCUT2D eigenvalue weighted by atomic mass is 9.83. The van der Waals surface area contributed by atoms with E-state index in [4.69, 9.17) is 5.84 Å². The normalized spacial score (nSPS) is 23.5. The van der Waals surface area contributed by atoms with Crippen LogP contribution >= 0.6 is 0 Å². The second kappa shape index (κ2) is 6.56. The number of para-hydroxylation sites is 1. The highest BCUT2D eigenvalue weighted by molar-refractivity contribution is 7.89. The van der Waals surface area contributed by atoms with E-state index in [1.165, 1.54) is 6.42 Å². The van der Waals surface area contributed by atoms with Gasteiger partial charge < -0.3 is 5.43 Å². The first-order valence-electron chi connectivity index (χ1n) is 7.16. The zero-order valence-corrected chi connectivity index (χ0v) is 12.6. The minimum Gasteiger partial charge on any atom is -0.323 e. The summed E-state index contributed by atoms with van der Waals surface area (Å²) in [4.78, 5) is 0.211. The van der Waals surface area contributed by atoms with Gasteiger partial charge in [-0.05, 0) is 30.9 Å². The van der Waals surface area contributed by atoms with Gasteiger partial charge in [-0.25, -0.2) is 13.1 Å². The molecule has 0 spiro atoms. The van der Waals surface area contributed by atoms with Gasteiger partial charge in [-0.3, -0.25) is 5.84 Å². The van der Waals surface area contributed by atoms with Crippen LogP contribution in [0.5, 0.6) is 0 Å². The SMILES string of the molecule is CCC1CCCCC1NS(=O)(=O)c1ccccc1NN. The Bertz CT molecular complexity index is 545. The predicted octanol–water partition coefficient (Wildman–Crippen LogP) is 2.22. The Hall–Kier alpha value is -1.11. The number of hydrogen-bond acceptors (Lipinski definition) is 4. The Labute approximate surface area is 121 Å². The van der Waals surface area contributed by atoms with E-state index < -0.39 is 10.0 Å². The molecule has 0 aromatic heterocycles. The molecule has 0 aliphatic heterocycles. The van der Waals surface area contributed by atoms with Gasteiger partial charge in [-0.15, -0.1) is 0 Å². The molecule has 1 fully saturated rings. The standard InChI is InChI=1S/C14H23N3O2S/c1-2-11-7-3-4-8-12(11)17-20(18,19)14-10-6-5-9-13(14)16-15/h5-6,9-12,16-17H,2-4,7-8,15H2,1H3. The number of hydrogen-bond donors (Lipinski definition) is 3. The van der Waals surface area contributed by atoms with E-state index in [0.29, 0.717) is 11.6 Å². The number of sulfonamides is 1. The van der Waals surface area contributed by atoms with Gasteiger partial charge in [-0.1, -0.05) is 38.3 Å². The van der Waals surface area contributed by atoms with E-state index in [2.05, 4.69) is 17.1 Å². The van der Waals surface area contributed by atoms with Crippen molar-refractivity contribution < 1.29 is 8.42 Å². The van der Waals surface area contributed by atoms with Crippen molar-refractivity contribution in [2.75, 3.05) is 5.43 Å². The summed E-state index contributed by atoms with van der Waals surface area (Å²) < 4.78 is 27.9. The van der Waals surface area contributed by atoms with E-state index >= 15 is 0 Å². The molecular weight excluding hydrogens is 274 g/mol. The maximum atomic E-state index is 12.5. The number of anilines is 1. The molecule has 0 saturated heterocycles. The number of nitrogens with one attached hydrogen (secondary N) is 2. The highest BCUT2D eigenvalue weighted by atomic mass is 32.2. The lowest BCUT2D eigenvalue weighted by Crippen LogP contribution is -2.42. The molecule has 1 saturated carbocycles. The zero-order valence-electron chi connectivity index (χ0n) is 11.8. The Kier molecular flexibility index (Phi) is 5.01. The molecule has 4 N–H and O–H groups in total. The number of benzene rings is 1. The Balaban J connectivity index is 2.22. The summed E-state index contributed by atoms with van der Waals surface area (Å²) >= 11 is 0. The van der Waals surface area contributed by atoms with Crippen LogP contribution in [0.2, 0.25) is 0 Å². The van der Waals surface area contributed by atoms with Crippen LogP contribution in [0.4, 0.5) is 5.69 Å². The molecule has 2 rings (SSSR count). The Morgan fingerprint density at radius 1 is 1.25 bits per heavy atom. The highest BCUT2D eigenvalue weighted by Crippen LogP contribution is 2.29. The van der Waals surface area contributed by atoms with Crippen LogP contribution in [0.15, 0.2) is 29.2 Å². The molecule has 0 amide bonds. The van der Waals surface area contributed by atoms with E-state index in [1.54, 1.807) is 24.3 Å². The number of nitrogen functional groups attached to an aromatic ring is 1. The fourth-order valence-corrected chi connectivity index (χ4v) is 4.44. The third-order valence-corrected chi connectivity index (χ3v) is 5.62. The summed E-state index contributed by atoms with van der Waals surface area (Å²) in [5.74, 6) is 5.82. The van der Waals surface area contributed by atoms with E-state index in [1.807, 2.05) is 0 Å². The van der Waals surface area contributed by atoms with Crippen LogP contribution in [-0.2, 0) is 10.0 Å². The van der Waals surface area contributed by atoms with Gasteiger partial charge in [0.15, 0.2) is 0 Å². The topological polar surface area (TPSA) is 84.2 Å². The number of hydrazine groups is 1. The maximum absolute atomic E-state index is 12.5. The first kappa shape index (κ1) is 15.3. The van der Waals surface area contributed by atoms with Crippen LogP contribution in [-0.4, -0.2) is 14.5 Å². The van der Waals surface area contributed by atoms with Gasteiger partial charge in [0.25, 0.3) is 0 Å². The fraction of sp³-hybridized carbons (Fsp3) is 0.571. The largest absolute Gasteiger partial charge is 0.323 e. The van der Waals surface area contributed by atoms with Crippen LogP contribution < -0.4 is 16.0 Å². The Morgan fingerprint density at radius 2 is 1.95 bits per heavy atom. The molecule has 0 heterocycles. The van der Waals surface area contributed by atoms with Crippen LogP contribution in [0.3, 0.4) is 0 Å². The van der Waals surface area contributed by atoms with E-state index in [9.17, 15) is 8.42 Å². The molecule has 112 valence electrons. The summed E-state index contributed by atoms with van der Waals surface area (Å²) in [5.41, 5.74) is 2.87. The van der Waals surface area contributed by atoms with Crippen molar-refractivity contribution in [2.24, 2.45) is 11.8 Å². The van der Waals surface area contributed by atoms with E-state index in [0.717, 1.165) is 25.7 Å². The molecule has 6 heteroatoms. The molecular formula is C14H23N3O2S. The molecule has 0 radical (unpaired) electrons. The second-order valence-corrected chi connectivity index (χ2v) is 7.00. The fourth-order valence-electron chi connectivity index (χ4n) is 2.93. The van der Waals surface area contributed by atoms with Gasteiger partial charge in [0.1, 0.15) is 4.90 Å². The summed E-state index contributed by atoms with van der Waals surface area (Å²) in [6, 6.07) is 6.72. The molecule has 20 heavy (non-hydrogen) atoms. The molecule has 1 aliphatic rings. The van der Waals surface area contributed by atoms with Crippen molar-refractivity contribution in [2.45, 2.75) is 50.0 Å². The molecule has 1 aliphatic carbocycles. The Morgan fingerprint density at radius 3 is 2.65 bits per heavy atom. The van der Waals surface area contributed by atoms with Crippen molar-refractivity contribution in [3.05, 3.63) is 24.3 Å². The van der Waals surface area contributed by atoms with Crippen molar-refractivity contribution >= 4 is 15.7 Å². The average molecular weight is 297 g/mol. The smallest absolute Gasteiger partial charge is 0.242 e. The van der Waals surface area contributed by atoms with Gasteiger partial charge in [0, 0.05) is 6.04 Å². The highest BCUT2D eigenvalue weighted by Gasteiger charge is 2.29. The summed E-state index contributed by atoms with van der Waals surface area (Å²) in [7, 11) is -3.54. The summed E-state index contributed by atoms with van der Waals surface area (Å²) in [6.07, 6.45) is 5.29. The molecule has 1 aromatic carbocycles. The van der Waals surface area contributed by atoms with Crippen molar-refractivity contribution in [1.82, 2.24) is 4.72 Å².